The minimum Gasteiger partial charge on any atom is -0.347 e. The number of hydrogen-bond donors (Lipinski definition) is 1. The van der Waals surface area contributed by atoms with Crippen molar-refractivity contribution in [3.05, 3.63) is 47.0 Å². The van der Waals surface area contributed by atoms with Crippen LogP contribution in [0.15, 0.2) is 46.0 Å². The van der Waals surface area contributed by atoms with Gasteiger partial charge in [0.05, 0.1) is 10.9 Å². The Morgan fingerprint density at radius 2 is 2.09 bits per heavy atom. The average molecular weight is 385 g/mol. The first kappa shape index (κ1) is 15.7. The molecule has 2 heterocycles. The monoisotopic (exact) mass is 384 g/mol. The summed E-state index contributed by atoms with van der Waals surface area (Å²) in [5.41, 5.74) is 0. The van der Waals surface area contributed by atoms with Crippen molar-refractivity contribution < 1.29 is 8.42 Å². The molecule has 0 bridgehead atoms. The average Bonchev–Trinajstić information content (AvgIpc) is 3.02. The van der Waals surface area contributed by atoms with Crippen LogP contribution in [0.2, 0.25) is 0 Å². The molecule has 1 aliphatic heterocycles. The normalized spacial score (nSPS) is 21.1. The number of halogens is 1. The summed E-state index contributed by atoms with van der Waals surface area (Å²) < 4.78 is 27.9. The van der Waals surface area contributed by atoms with Crippen molar-refractivity contribution in [1.29, 1.82) is 0 Å². The van der Waals surface area contributed by atoms with E-state index < -0.39 is 10.0 Å². The van der Waals surface area contributed by atoms with Gasteiger partial charge < -0.3 is 4.98 Å². The summed E-state index contributed by atoms with van der Waals surface area (Å²) >= 11 is 3.33. The van der Waals surface area contributed by atoms with E-state index in [1.54, 1.807) is 36.7 Å². The predicted octanol–water partition coefficient (Wildman–Crippen LogP) is 1.85. The molecule has 1 fully saturated rings. The molecule has 0 radical (unpaired) electrons. The topological polar surface area (TPSA) is 69.3 Å². The molecule has 1 aliphatic rings. The number of likely N-dealkylation sites (N-methyl/N-ethyl adjacent to an activating group) is 1. The third-order valence-electron chi connectivity index (χ3n) is 3.90. The summed E-state index contributed by atoms with van der Waals surface area (Å²) in [7, 11) is -1.54. The van der Waals surface area contributed by atoms with Crippen molar-refractivity contribution in [2.45, 2.75) is 10.9 Å². The molecule has 2 aromatic rings. The zero-order valence-corrected chi connectivity index (χ0v) is 14.5. The number of sulfonamides is 1. The van der Waals surface area contributed by atoms with E-state index in [-0.39, 0.29) is 6.04 Å². The summed E-state index contributed by atoms with van der Waals surface area (Å²) in [5, 5.41) is 0. The lowest BCUT2D eigenvalue weighted by Crippen LogP contribution is -2.49. The maximum atomic E-state index is 12.9. The van der Waals surface area contributed by atoms with E-state index in [0.29, 0.717) is 29.0 Å². The zero-order valence-electron chi connectivity index (χ0n) is 12.1. The number of rotatable bonds is 3. The van der Waals surface area contributed by atoms with Gasteiger partial charge in [-0.15, -0.1) is 0 Å². The Bertz CT molecular complexity index is 748. The molecule has 0 saturated carbocycles. The van der Waals surface area contributed by atoms with E-state index >= 15 is 0 Å². The van der Waals surface area contributed by atoms with Crippen LogP contribution in [-0.4, -0.2) is 54.3 Å². The van der Waals surface area contributed by atoms with Gasteiger partial charge in [0.1, 0.15) is 5.82 Å². The minimum absolute atomic E-state index is 0.0685. The van der Waals surface area contributed by atoms with Crippen LogP contribution in [0.4, 0.5) is 0 Å². The number of piperazine rings is 1. The van der Waals surface area contributed by atoms with Gasteiger partial charge in [-0.25, -0.2) is 13.4 Å². The van der Waals surface area contributed by atoms with E-state index in [1.807, 2.05) is 7.05 Å². The standard InChI is InChI=1S/C14H17BrN4O2S/c1-18-8-9-19(10-12(18)14-16-6-7-17-14)22(20,21)13-5-3-2-4-11(13)15/h2-7,12H,8-10H2,1H3,(H,16,17)/t12-/m1/s1. The Balaban J connectivity index is 1.90. The quantitative estimate of drug-likeness (QED) is 0.876. The van der Waals surface area contributed by atoms with Crippen LogP contribution in [0.3, 0.4) is 0 Å². The number of nitrogens with zero attached hydrogens (tertiary/aromatic N) is 3. The highest BCUT2D eigenvalue weighted by Crippen LogP contribution is 2.29. The van der Waals surface area contributed by atoms with Crippen LogP contribution in [0, 0.1) is 0 Å². The van der Waals surface area contributed by atoms with Gasteiger partial charge in [0.25, 0.3) is 0 Å². The first-order valence-electron chi connectivity index (χ1n) is 6.94. The van der Waals surface area contributed by atoms with E-state index in [1.165, 1.54) is 4.31 Å². The van der Waals surface area contributed by atoms with Crippen molar-refractivity contribution in [1.82, 2.24) is 19.2 Å². The fourth-order valence-corrected chi connectivity index (χ4v) is 5.02. The molecule has 1 aromatic heterocycles. The number of hydrogen-bond acceptors (Lipinski definition) is 4. The largest absolute Gasteiger partial charge is 0.347 e. The van der Waals surface area contributed by atoms with Gasteiger partial charge in [-0.05, 0) is 35.1 Å². The third-order valence-corrected chi connectivity index (χ3v) is 6.78. The third kappa shape index (κ3) is 2.83. The molecular formula is C14H17BrN4O2S. The lowest BCUT2D eigenvalue weighted by atomic mass is 10.2. The SMILES string of the molecule is CN1CCN(S(=O)(=O)c2ccccc2Br)C[C@@H]1c1ncc[nH]1. The summed E-state index contributed by atoms with van der Waals surface area (Å²) in [6.45, 7) is 1.51. The van der Waals surface area contributed by atoms with E-state index in [4.69, 9.17) is 0 Å². The second-order valence-electron chi connectivity index (χ2n) is 5.26. The Kier molecular flexibility index (Phi) is 4.35. The first-order valence-corrected chi connectivity index (χ1v) is 9.17. The van der Waals surface area contributed by atoms with Gasteiger partial charge in [0, 0.05) is 36.5 Å². The Hall–Kier alpha value is -1.22. The number of H-pyrrole nitrogens is 1. The molecule has 0 unspecified atom stereocenters. The van der Waals surface area contributed by atoms with Crippen LogP contribution in [0.25, 0.3) is 0 Å². The molecule has 0 spiro atoms. The second-order valence-corrected chi connectivity index (χ2v) is 8.02. The van der Waals surface area contributed by atoms with Crippen molar-refractivity contribution in [3.8, 4) is 0 Å². The minimum atomic E-state index is -3.52. The highest BCUT2D eigenvalue weighted by Gasteiger charge is 2.35. The summed E-state index contributed by atoms with van der Waals surface area (Å²) in [6, 6.07) is 6.84. The van der Waals surface area contributed by atoms with Gasteiger partial charge in [0.15, 0.2) is 0 Å². The molecule has 118 valence electrons. The number of aromatic amines is 1. The number of nitrogens with one attached hydrogen (secondary N) is 1. The first-order chi connectivity index (χ1) is 10.5. The van der Waals surface area contributed by atoms with Crippen molar-refractivity contribution in [3.63, 3.8) is 0 Å². The molecule has 0 amide bonds. The van der Waals surface area contributed by atoms with Gasteiger partial charge >= 0.3 is 0 Å². The van der Waals surface area contributed by atoms with Crippen LogP contribution in [0.1, 0.15) is 11.9 Å². The highest BCUT2D eigenvalue weighted by atomic mass is 79.9. The molecule has 1 N–H and O–H groups in total. The second kappa shape index (κ2) is 6.11. The number of aromatic nitrogens is 2. The van der Waals surface area contributed by atoms with Crippen LogP contribution >= 0.6 is 15.9 Å². The van der Waals surface area contributed by atoms with Gasteiger partial charge in [-0.1, -0.05) is 12.1 Å². The summed E-state index contributed by atoms with van der Waals surface area (Å²) in [5.74, 6) is 0.787. The predicted molar refractivity (Wildman–Crippen MR) is 86.9 cm³/mol. The molecule has 1 atom stereocenters. The Morgan fingerprint density at radius 1 is 1.32 bits per heavy atom. The molecule has 1 saturated heterocycles. The fraction of sp³-hybridized carbons (Fsp3) is 0.357. The fourth-order valence-electron chi connectivity index (χ4n) is 2.61. The zero-order chi connectivity index (χ0) is 15.7. The van der Waals surface area contributed by atoms with Crippen molar-refractivity contribution in [2.75, 3.05) is 26.7 Å². The maximum absolute atomic E-state index is 12.9. The molecule has 6 nitrogen and oxygen atoms in total. The van der Waals surface area contributed by atoms with Crippen molar-refractivity contribution >= 4 is 26.0 Å². The molecule has 8 heteroatoms. The smallest absolute Gasteiger partial charge is 0.244 e. The van der Waals surface area contributed by atoms with Gasteiger partial charge in [0.2, 0.25) is 10.0 Å². The van der Waals surface area contributed by atoms with Gasteiger partial charge in [-0.3, -0.25) is 4.90 Å². The lowest BCUT2D eigenvalue weighted by molar-refractivity contribution is 0.142. The molecule has 1 aromatic carbocycles. The Morgan fingerprint density at radius 3 is 2.77 bits per heavy atom. The van der Waals surface area contributed by atoms with E-state index in [2.05, 4.69) is 30.8 Å². The van der Waals surface area contributed by atoms with E-state index in [9.17, 15) is 8.42 Å². The van der Waals surface area contributed by atoms with Crippen LogP contribution < -0.4 is 0 Å². The number of imidazole rings is 1. The highest BCUT2D eigenvalue weighted by molar-refractivity contribution is 9.10. The molecule has 3 rings (SSSR count). The molecule has 22 heavy (non-hydrogen) atoms. The van der Waals surface area contributed by atoms with Crippen molar-refractivity contribution in [2.24, 2.45) is 0 Å². The van der Waals surface area contributed by atoms with Gasteiger partial charge in [-0.2, -0.15) is 4.31 Å². The Labute approximate surface area is 138 Å². The van der Waals surface area contributed by atoms with Crippen LogP contribution in [-0.2, 0) is 10.0 Å². The summed E-state index contributed by atoms with van der Waals surface area (Å²) in [6.07, 6.45) is 3.44. The van der Waals surface area contributed by atoms with E-state index in [0.717, 1.165) is 5.82 Å². The lowest BCUT2D eigenvalue weighted by Gasteiger charge is -2.37. The maximum Gasteiger partial charge on any atom is 0.244 e. The summed E-state index contributed by atoms with van der Waals surface area (Å²) in [4.78, 5) is 9.77. The molecular weight excluding hydrogens is 368 g/mol. The number of benzene rings is 1. The van der Waals surface area contributed by atoms with Crippen LogP contribution in [0.5, 0.6) is 0 Å². The molecule has 0 aliphatic carbocycles.